The number of thiophene rings is 1. The summed E-state index contributed by atoms with van der Waals surface area (Å²) in [5.74, 6) is -0.198. The van der Waals surface area contributed by atoms with Crippen molar-refractivity contribution < 1.29 is 9.53 Å². The van der Waals surface area contributed by atoms with Crippen molar-refractivity contribution in [3.8, 4) is 0 Å². The summed E-state index contributed by atoms with van der Waals surface area (Å²) < 4.78 is 5.30. The van der Waals surface area contributed by atoms with Crippen LogP contribution in [0.2, 0.25) is 0 Å². The molecule has 0 fully saturated rings. The highest BCUT2D eigenvalue weighted by molar-refractivity contribution is 7.12. The summed E-state index contributed by atoms with van der Waals surface area (Å²) in [6.45, 7) is 2.32. The van der Waals surface area contributed by atoms with Crippen LogP contribution in [0.3, 0.4) is 0 Å². The third-order valence-corrected chi connectivity index (χ3v) is 4.02. The van der Waals surface area contributed by atoms with Crippen molar-refractivity contribution >= 4 is 28.2 Å². The number of benzene rings is 1. The highest BCUT2D eigenvalue weighted by atomic mass is 32.1. The lowest BCUT2D eigenvalue weighted by atomic mass is 10.2. The lowest BCUT2D eigenvalue weighted by Gasteiger charge is -2.04. The molecule has 0 aliphatic carbocycles. The van der Waals surface area contributed by atoms with E-state index in [0.717, 1.165) is 21.3 Å². The molecule has 3 rings (SSSR count). The van der Waals surface area contributed by atoms with Gasteiger partial charge in [-0.1, -0.05) is 12.1 Å². The average Bonchev–Trinajstić information content (AvgIpc) is 3.04. The smallest absolute Gasteiger partial charge is 0.311 e. The molecule has 0 spiro atoms. The number of H-pyrrole nitrogens is 1. The van der Waals surface area contributed by atoms with E-state index in [0.29, 0.717) is 6.42 Å². The molecular weight excluding hydrogens is 272 g/mol. The average molecular weight is 286 g/mol. The van der Waals surface area contributed by atoms with E-state index in [9.17, 15) is 4.79 Å². The van der Waals surface area contributed by atoms with Crippen LogP contribution < -0.4 is 0 Å². The van der Waals surface area contributed by atoms with Gasteiger partial charge >= 0.3 is 5.97 Å². The van der Waals surface area contributed by atoms with Crippen molar-refractivity contribution in [2.45, 2.75) is 20.0 Å². The molecule has 0 saturated heterocycles. The molecule has 0 unspecified atom stereocenters. The molecule has 3 aromatic rings. The fraction of sp³-hybridized carbons (Fsp3) is 0.200. The zero-order valence-corrected chi connectivity index (χ0v) is 11.9. The van der Waals surface area contributed by atoms with Crippen LogP contribution in [0.4, 0.5) is 0 Å². The number of aromatic nitrogens is 2. The molecule has 4 nitrogen and oxygen atoms in total. The summed E-state index contributed by atoms with van der Waals surface area (Å²) in [5, 5.41) is 7.92. The molecule has 0 aliphatic rings. The first-order valence-corrected chi connectivity index (χ1v) is 7.15. The molecule has 102 valence electrons. The Balaban J connectivity index is 1.59. The summed E-state index contributed by atoms with van der Waals surface area (Å²) in [5.41, 5.74) is 1.91. The van der Waals surface area contributed by atoms with Gasteiger partial charge in [0.1, 0.15) is 6.61 Å². The van der Waals surface area contributed by atoms with Gasteiger partial charge in [-0.2, -0.15) is 5.10 Å². The van der Waals surface area contributed by atoms with Crippen molar-refractivity contribution in [1.29, 1.82) is 0 Å². The minimum Gasteiger partial charge on any atom is -0.461 e. The summed E-state index contributed by atoms with van der Waals surface area (Å²) in [7, 11) is 0. The van der Waals surface area contributed by atoms with Gasteiger partial charge in [0.05, 0.1) is 18.1 Å². The molecule has 0 amide bonds. The van der Waals surface area contributed by atoms with Gasteiger partial charge < -0.3 is 4.74 Å². The van der Waals surface area contributed by atoms with E-state index in [1.54, 1.807) is 17.5 Å². The zero-order chi connectivity index (χ0) is 13.9. The normalized spacial score (nSPS) is 10.8. The Morgan fingerprint density at radius 1 is 1.35 bits per heavy atom. The van der Waals surface area contributed by atoms with Crippen LogP contribution >= 0.6 is 11.3 Å². The molecule has 0 bridgehead atoms. The van der Waals surface area contributed by atoms with E-state index in [1.165, 1.54) is 4.88 Å². The van der Waals surface area contributed by atoms with Crippen molar-refractivity contribution in [2.75, 3.05) is 0 Å². The number of hydrogen-bond donors (Lipinski definition) is 1. The maximum absolute atomic E-state index is 11.8. The van der Waals surface area contributed by atoms with Crippen molar-refractivity contribution in [1.82, 2.24) is 10.2 Å². The first-order valence-electron chi connectivity index (χ1n) is 6.34. The van der Waals surface area contributed by atoms with E-state index in [1.807, 2.05) is 37.3 Å². The zero-order valence-electron chi connectivity index (χ0n) is 11.1. The van der Waals surface area contributed by atoms with Gasteiger partial charge in [0.25, 0.3) is 0 Å². The van der Waals surface area contributed by atoms with Crippen molar-refractivity contribution in [2.24, 2.45) is 0 Å². The number of nitrogens with one attached hydrogen (secondary N) is 1. The lowest BCUT2D eigenvalue weighted by molar-refractivity contribution is -0.144. The number of carbonyl (C=O) groups is 1. The van der Waals surface area contributed by atoms with Crippen LogP contribution in [0.5, 0.6) is 0 Å². The molecule has 2 heterocycles. The molecule has 0 aliphatic heterocycles. The monoisotopic (exact) mass is 286 g/mol. The van der Waals surface area contributed by atoms with Crippen LogP contribution in [-0.2, 0) is 22.6 Å². The SMILES string of the molecule is Cc1ccc(CC(=O)OCc2ccc3cn[nH]c3c2)s1. The van der Waals surface area contributed by atoms with Crippen molar-refractivity contribution in [3.05, 3.63) is 51.8 Å². The van der Waals surface area contributed by atoms with Gasteiger partial charge in [-0.25, -0.2) is 0 Å². The molecule has 0 radical (unpaired) electrons. The molecule has 1 aromatic carbocycles. The Hall–Kier alpha value is -2.14. The second-order valence-electron chi connectivity index (χ2n) is 4.64. The second kappa shape index (κ2) is 5.46. The number of esters is 1. The van der Waals surface area contributed by atoms with E-state index < -0.39 is 0 Å². The van der Waals surface area contributed by atoms with E-state index >= 15 is 0 Å². The third kappa shape index (κ3) is 2.88. The number of ether oxygens (including phenoxy) is 1. The maximum Gasteiger partial charge on any atom is 0.311 e. The largest absolute Gasteiger partial charge is 0.461 e. The number of aromatic amines is 1. The second-order valence-corrected chi connectivity index (χ2v) is 6.01. The van der Waals surface area contributed by atoms with Gasteiger partial charge in [-0.05, 0) is 30.7 Å². The van der Waals surface area contributed by atoms with E-state index in [4.69, 9.17) is 4.74 Å². The van der Waals surface area contributed by atoms with Gasteiger partial charge in [-0.15, -0.1) is 11.3 Å². The predicted molar refractivity (Wildman–Crippen MR) is 78.6 cm³/mol. The highest BCUT2D eigenvalue weighted by Crippen LogP contribution is 2.17. The number of hydrogen-bond acceptors (Lipinski definition) is 4. The molecule has 0 atom stereocenters. The van der Waals surface area contributed by atoms with Crippen molar-refractivity contribution in [3.63, 3.8) is 0 Å². The number of carbonyl (C=O) groups excluding carboxylic acids is 1. The summed E-state index contributed by atoms with van der Waals surface area (Å²) in [6.07, 6.45) is 2.11. The predicted octanol–water partition coefficient (Wildman–Crippen LogP) is 3.22. The van der Waals surface area contributed by atoms with Crippen LogP contribution in [0.25, 0.3) is 10.9 Å². The Kier molecular flexibility index (Phi) is 3.52. The maximum atomic E-state index is 11.8. The Morgan fingerprint density at radius 3 is 3.05 bits per heavy atom. The van der Waals surface area contributed by atoms with Gasteiger partial charge in [-0.3, -0.25) is 9.89 Å². The van der Waals surface area contributed by atoms with E-state index in [-0.39, 0.29) is 12.6 Å². The standard InChI is InChI=1S/C15H14N2O2S/c1-10-2-5-13(20-10)7-15(18)19-9-11-3-4-12-8-16-17-14(12)6-11/h2-6,8H,7,9H2,1H3,(H,16,17). The lowest BCUT2D eigenvalue weighted by Crippen LogP contribution is -2.06. The molecule has 20 heavy (non-hydrogen) atoms. The van der Waals surface area contributed by atoms with Crippen LogP contribution in [-0.4, -0.2) is 16.2 Å². The fourth-order valence-corrected chi connectivity index (χ4v) is 2.89. The molecule has 1 N–H and O–H groups in total. The van der Waals surface area contributed by atoms with Gasteiger partial charge in [0.15, 0.2) is 0 Å². The summed E-state index contributed by atoms with van der Waals surface area (Å²) in [6, 6.07) is 9.84. The molecular formula is C15H14N2O2S. The Morgan fingerprint density at radius 2 is 2.25 bits per heavy atom. The fourth-order valence-electron chi connectivity index (χ4n) is 2.01. The topological polar surface area (TPSA) is 55.0 Å². The van der Waals surface area contributed by atoms with Crippen LogP contribution in [0.15, 0.2) is 36.5 Å². The molecule has 2 aromatic heterocycles. The molecule has 0 saturated carbocycles. The number of fused-ring (bicyclic) bond motifs is 1. The number of nitrogens with zero attached hydrogens (tertiary/aromatic N) is 1. The summed E-state index contributed by atoms with van der Waals surface area (Å²) in [4.78, 5) is 14.0. The highest BCUT2D eigenvalue weighted by Gasteiger charge is 2.07. The number of aryl methyl sites for hydroxylation is 1. The van der Waals surface area contributed by atoms with Gasteiger partial charge in [0.2, 0.25) is 0 Å². The van der Waals surface area contributed by atoms with E-state index in [2.05, 4.69) is 10.2 Å². The Bertz CT molecular complexity index is 745. The Labute approximate surface area is 120 Å². The molecule has 5 heteroatoms. The third-order valence-electron chi connectivity index (χ3n) is 3.02. The quantitative estimate of drug-likeness (QED) is 0.749. The first-order chi connectivity index (χ1) is 9.70. The number of rotatable bonds is 4. The van der Waals surface area contributed by atoms with Gasteiger partial charge in [0, 0.05) is 15.1 Å². The minimum absolute atomic E-state index is 0.198. The summed E-state index contributed by atoms with van der Waals surface area (Å²) >= 11 is 1.63. The van der Waals surface area contributed by atoms with Crippen LogP contribution in [0, 0.1) is 6.92 Å². The first kappa shape index (κ1) is 12.9. The van der Waals surface area contributed by atoms with Crippen LogP contribution in [0.1, 0.15) is 15.3 Å². The minimum atomic E-state index is -0.198.